The van der Waals surface area contributed by atoms with Crippen molar-refractivity contribution in [1.29, 1.82) is 0 Å². The molecule has 1 N–H and O–H groups in total. The summed E-state index contributed by atoms with van der Waals surface area (Å²) in [7, 11) is 0. The highest BCUT2D eigenvalue weighted by Crippen LogP contribution is 2.29. The molecule has 5 heteroatoms. The molecule has 2 rings (SSSR count). The van der Waals surface area contributed by atoms with Crippen LogP contribution < -0.4 is 4.74 Å². The first-order valence-corrected chi connectivity index (χ1v) is 7.30. The first-order chi connectivity index (χ1) is 9.52. The Labute approximate surface area is 124 Å². The van der Waals surface area contributed by atoms with Crippen molar-refractivity contribution in [2.45, 2.75) is 38.8 Å². The van der Waals surface area contributed by atoms with E-state index in [1.54, 1.807) is 25.1 Å². The molecule has 4 nitrogen and oxygen atoms in total. The van der Waals surface area contributed by atoms with Crippen molar-refractivity contribution in [2.24, 2.45) is 0 Å². The normalized spacial score (nSPS) is 15.8. The summed E-state index contributed by atoms with van der Waals surface area (Å²) in [6.45, 7) is 4.35. The number of aliphatic hydroxyl groups is 1. The topological polar surface area (TPSA) is 49.8 Å². The standard InChI is InChI=1S/C15H20ClNO3/c1-3-17(12-5-6-12)15(19)9-20-14-7-4-11(10(2)18)8-13(14)16/h4,7-8,10,12,18H,3,5-6,9H2,1-2H3. The Morgan fingerprint density at radius 3 is 2.75 bits per heavy atom. The van der Waals surface area contributed by atoms with Gasteiger partial charge in [-0.15, -0.1) is 0 Å². The van der Waals surface area contributed by atoms with Crippen LogP contribution in [0.25, 0.3) is 0 Å². The molecule has 1 aliphatic carbocycles. The summed E-state index contributed by atoms with van der Waals surface area (Å²) >= 11 is 6.08. The van der Waals surface area contributed by atoms with Crippen molar-refractivity contribution in [1.82, 2.24) is 4.90 Å². The minimum absolute atomic E-state index is 0.00190. The van der Waals surface area contributed by atoms with Crippen LogP contribution in [-0.2, 0) is 4.79 Å². The number of aliphatic hydroxyl groups excluding tert-OH is 1. The molecule has 1 saturated carbocycles. The van der Waals surface area contributed by atoms with Crippen molar-refractivity contribution in [2.75, 3.05) is 13.2 Å². The van der Waals surface area contributed by atoms with Crippen LogP contribution in [-0.4, -0.2) is 35.1 Å². The lowest BCUT2D eigenvalue weighted by molar-refractivity contribution is -0.133. The maximum absolute atomic E-state index is 12.0. The number of carbonyl (C=O) groups excluding carboxylic acids is 1. The zero-order chi connectivity index (χ0) is 14.7. The van der Waals surface area contributed by atoms with Gasteiger partial charge in [0.15, 0.2) is 6.61 Å². The molecule has 110 valence electrons. The minimum Gasteiger partial charge on any atom is -0.482 e. The van der Waals surface area contributed by atoms with Gasteiger partial charge in [0.1, 0.15) is 5.75 Å². The third-order valence-electron chi connectivity index (χ3n) is 3.44. The molecule has 0 radical (unpaired) electrons. The van der Waals surface area contributed by atoms with E-state index in [-0.39, 0.29) is 12.5 Å². The number of nitrogens with zero attached hydrogens (tertiary/aromatic N) is 1. The van der Waals surface area contributed by atoms with E-state index in [1.165, 1.54) is 0 Å². The Bertz CT molecular complexity index is 486. The van der Waals surface area contributed by atoms with E-state index in [1.807, 2.05) is 11.8 Å². The number of carbonyl (C=O) groups is 1. The van der Waals surface area contributed by atoms with Gasteiger partial charge in [0.2, 0.25) is 0 Å². The number of hydrogen-bond acceptors (Lipinski definition) is 3. The molecule has 1 aliphatic rings. The number of halogens is 1. The SMILES string of the molecule is CCN(C(=O)COc1ccc(C(C)O)cc1Cl)C1CC1. The van der Waals surface area contributed by atoms with Crippen molar-refractivity contribution in [3.8, 4) is 5.75 Å². The molecule has 0 heterocycles. The maximum atomic E-state index is 12.0. The van der Waals surface area contributed by atoms with Crippen LogP contribution in [0.2, 0.25) is 5.02 Å². The third-order valence-corrected chi connectivity index (χ3v) is 3.73. The first kappa shape index (κ1) is 15.1. The van der Waals surface area contributed by atoms with Gasteiger partial charge in [-0.25, -0.2) is 0 Å². The van der Waals surface area contributed by atoms with Crippen LogP contribution in [0.1, 0.15) is 38.4 Å². The predicted molar refractivity (Wildman–Crippen MR) is 78.0 cm³/mol. The Balaban J connectivity index is 1.95. The van der Waals surface area contributed by atoms with E-state index in [2.05, 4.69) is 0 Å². The van der Waals surface area contributed by atoms with Crippen molar-refractivity contribution >= 4 is 17.5 Å². The lowest BCUT2D eigenvalue weighted by atomic mass is 10.1. The number of ether oxygens (including phenoxy) is 1. The van der Waals surface area contributed by atoms with Crippen molar-refractivity contribution in [3.05, 3.63) is 28.8 Å². The van der Waals surface area contributed by atoms with Crippen LogP contribution >= 0.6 is 11.6 Å². The molecule has 1 atom stereocenters. The van der Waals surface area contributed by atoms with E-state index in [0.717, 1.165) is 18.4 Å². The lowest BCUT2D eigenvalue weighted by Gasteiger charge is -2.20. The maximum Gasteiger partial charge on any atom is 0.260 e. The van der Waals surface area contributed by atoms with Gasteiger partial charge in [0, 0.05) is 12.6 Å². The molecule has 0 aromatic heterocycles. The van der Waals surface area contributed by atoms with Gasteiger partial charge in [0.25, 0.3) is 5.91 Å². The van der Waals surface area contributed by atoms with E-state index < -0.39 is 6.10 Å². The van der Waals surface area contributed by atoms with Gasteiger partial charge in [-0.2, -0.15) is 0 Å². The zero-order valence-corrected chi connectivity index (χ0v) is 12.6. The molecular weight excluding hydrogens is 278 g/mol. The summed E-state index contributed by atoms with van der Waals surface area (Å²) < 4.78 is 5.49. The van der Waals surface area contributed by atoms with Crippen LogP contribution in [0.3, 0.4) is 0 Å². The van der Waals surface area contributed by atoms with Gasteiger partial charge >= 0.3 is 0 Å². The summed E-state index contributed by atoms with van der Waals surface area (Å²) in [5.41, 5.74) is 0.724. The highest BCUT2D eigenvalue weighted by Gasteiger charge is 2.31. The van der Waals surface area contributed by atoms with Gasteiger partial charge in [0.05, 0.1) is 11.1 Å². The second-order valence-electron chi connectivity index (χ2n) is 5.07. The Morgan fingerprint density at radius 1 is 1.55 bits per heavy atom. The molecule has 1 amide bonds. The average Bonchev–Trinajstić information content (AvgIpc) is 3.22. The fourth-order valence-corrected chi connectivity index (χ4v) is 2.38. The zero-order valence-electron chi connectivity index (χ0n) is 11.8. The van der Waals surface area contributed by atoms with E-state index in [4.69, 9.17) is 16.3 Å². The highest BCUT2D eigenvalue weighted by atomic mass is 35.5. The van der Waals surface area contributed by atoms with Crippen molar-refractivity contribution < 1.29 is 14.6 Å². The quantitative estimate of drug-likeness (QED) is 0.878. The second-order valence-corrected chi connectivity index (χ2v) is 5.47. The molecular formula is C15H20ClNO3. The molecule has 0 bridgehead atoms. The largest absolute Gasteiger partial charge is 0.482 e. The minimum atomic E-state index is -0.575. The van der Waals surface area contributed by atoms with Crippen molar-refractivity contribution in [3.63, 3.8) is 0 Å². The fourth-order valence-electron chi connectivity index (χ4n) is 2.14. The van der Waals surface area contributed by atoms with Gasteiger partial charge in [-0.3, -0.25) is 4.79 Å². The number of amides is 1. The van der Waals surface area contributed by atoms with E-state index in [9.17, 15) is 9.90 Å². The van der Waals surface area contributed by atoms with Crippen LogP contribution in [0.5, 0.6) is 5.75 Å². The molecule has 20 heavy (non-hydrogen) atoms. The van der Waals surface area contributed by atoms with Crippen LogP contribution in [0, 0.1) is 0 Å². The Kier molecular flexibility index (Phi) is 4.89. The molecule has 0 aliphatic heterocycles. The number of rotatable bonds is 6. The Morgan fingerprint density at radius 2 is 2.25 bits per heavy atom. The third kappa shape index (κ3) is 3.64. The van der Waals surface area contributed by atoms with Crippen LogP contribution in [0.4, 0.5) is 0 Å². The highest BCUT2D eigenvalue weighted by molar-refractivity contribution is 6.32. The summed E-state index contributed by atoms with van der Waals surface area (Å²) in [5, 5.41) is 9.88. The number of benzene rings is 1. The van der Waals surface area contributed by atoms with Gasteiger partial charge in [-0.05, 0) is 44.4 Å². The van der Waals surface area contributed by atoms with Gasteiger partial charge < -0.3 is 14.7 Å². The Hall–Kier alpha value is -1.26. The molecule has 1 aromatic carbocycles. The summed E-state index contributed by atoms with van der Waals surface area (Å²) in [5.74, 6) is 0.460. The average molecular weight is 298 g/mol. The smallest absolute Gasteiger partial charge is 0.260 e. The predicted octanol–water partition coefficient (Wildman–Crippen LogP) is 2.78. The van der Waals surface area contributed by atoms with Crippen LogP contribution in [0.15, 0.2) is 18.2 Å². The number of likely N-dealkylation sites (N-methyl/N-ethyl adjacent to an activating group) is 1. The van der Waals surface area contributed by atoms with E-state index in [0.29, 0.717) is 23.4 Å². The molecule has 1 fully saturated rings. The summed E-state index contributed by atoms with van der Waals surface area (Å²) in [6.07, 6.45) is 1.60. The summed E-state index contributed by atoms with van der Waals surface area (Å²) in [4.78, 5) is 13.9. The first-order valence-electron chi connectivity index (χ1n) is 6.92. The number of hydrogen-bond donors (Lipinski definition) is 1. The molecule has 1 unspecified atom stereocenters. The monoisotopic (exact) mass is 297 g/mol. The van der Waals surface area contributed by atoms with E-state index >= 15 is 0 Å². The molecule has 0 spiro atoms. The summed E-state index contributed by atoms with van der Waals surface area (Å²) in [6, 6.07) is 5.48. The van der Waals surface area contributed by atoms with Gasteiger partial charge in [-0.1, -0.05) is 17.7 Å². The molecule has 1 aromatic rings. The fraction of sp³-hybridized carbons (Fsp3) is 0.533. The molecule has 0 saturated heterocycles. The second kappa shape index (κ2) is 6.46. The lowest BCUT2D eigenvalue weighted by Crippen LogP contribution is -2.36.